The molecule has 4 heterocycles. The highest BCUT2D eigenvalue weighted by Gasteiger charge is 2.45. The Morgan fingerprint density at radius 1 is 0.700 bits per heavy atom. The van der Waals surface area contributed by atoms with Crippen LogP contribution in [0.4, 0.5) is 9.59 Å². The molecule has 326 valence electrons. The number of likely N-dealkylation sites (tertiary alicyclic amines) is 3. The third kappa shape index (κ3) is 14.6. The molecule has 4 aliphatic heterocycles. The number of amides is 8. The van der Waals surface area contributed by atoms with Crippen molar-refractivity contribution >= 4 is 63.6 Å². The van der Waals surface area contributed by atoms with Crippen LogP contribution in [0.5, 0.6) is 0 Å². The van der Waals surface area contributed by atoms with Crippen molar-refractivity contribution in [1.29, 1.82) is 0 Å². The van der Waals surface area contributed by atoms with Crippen LogP contribution in [0.1, 0.15) is 91.2 Å². The van der Waals surface area contributed by atoms with E-state index in [0.717, 1.165) is 38.9 Å². The van der Waals surface area contributed by atoms with Crippen LogP contribution in [0.15, 0.2) is 60.7 Å². The maximum absolute atomic E-state index is 12.9. The van der Waals surface area contributed by atoms with E-state index in [1.165, 1.54) is 16.0 Å². The zero-order valence-corrected chi connectivity index (χ0v) is 37.0. The van der Waals surface area contributed by atoms with Crippen molar-refractivity contribution in [3.8, 4) is 0 Å². The van der Waals surface area contributed by atoms with Gasteiger partial charge in [-0.15, -0.1) is 0 Å². The molecule has 4 saturated heterocycles. The Bertz CT molecular complexity index is 1860. The number of halogens is 1. The minimum atomic E-state index is -0.969. The van der Waals surface area contributed by atoms with Crippen molar-refractivity contribution in [2.75, 3.05) is 32.7 Å². The monoisotopic (exact) mass is 895 g/mol. The standard InChI is InChI=1S/C22H28N2O5.C12H16N2O.C10H14BrNO4/c1-22(2,3)29-21(28)24-18(25)10-9-17(20(24)27)23-12-11-16(14-19(23)26)13-15-7-5-4-6-8-15;15-12-10-14(9-7-13-12)8-6-11-4-2-1-3-5-11;1-10(2,3)16-9(15)12-7(13)5-4-6(11)8(12)14/h4-8,16-17H,9-14H2,1-3H3;1-5H,6-10H2,(H,13,15);6H,4-5H2,1-3H3. The first-order chi connectivity index (χ1) is 28.2. The second-order valence-corrected chi connectivity index (χ2v) is 18.3. The number of piperazine rings is 1. The number of nitrogens with one attached hydrogen (secondary N) is 1. The van der Waals surface area contributed by atoms with E-state index in [-0.39, 0.29) is 37.0 Å². The van der Waals surface area contributed by atoms with Gasteiger partial charge in [0.1, 0.15) is 17.2 Å². The van der Waals surface area contributed by atoms with Crippen LogP contribution in [0.2, 0.25) is 0 Å². The molecule has 2 aromatic rings. The van der Waals surface area contributed by atoms with Gasteiger partial charge in [-0.25, -0.2) is 9.59 Å². The summed E-state index contributed by atoms with van der Waals surface area (Å²) in [5, 5.41) is 2.83. The van der Waals surface area contributed by atoms with E-state index in [2.05, 4.69) is 50.4 Å². The number of hydrogen-bond donors (Lipinski definition) is 1. The molecule has 0 spiro atoms. The van der Waals surface area contributed by atoms with Crippen LogP contribution >= 0.6 is 15.9 Å². The highest BCUT2D eigenvalue weighted by Crippen LogP contribution is 2.29. The van der Waals surface area contributed by atoms with E-state index in [1.807, 2.05) is 36.4 Å². The molecule has 6 rings (SSSR count). The molecule has 0 radical (unpaired) electrons. The van der Waals surface area contributed by atoms with Gasteiger partial charge in [-0.2, -0.15) is 9.80 Å². The van der Waals surface area contributed by atoms with Gasteiger partial charge < -0.3 is 19.7 Å². The van der Waals surface area contributed by atoms with Gasteiger partial charge >= 0.3 is 12.2 Å². The van der Waals surface area contributed by atoms with Gasteiger partial charge in [-0.3, -0.25) is 33.7 Å². The van der Waals surface area contributed by atoms with Crippen LogP contribution in [-0.4, -0.2) is 122 Å². The third-order valence-electron chi connectivity index (χ3n) is 9.87. The zero-order valence-electron chi connectivity index (χ0n) is 35.4. The van der Waals surface area contributed by atoms with Gasteiger partial charge in [0.15, 0.2) is 0 Å². The minimum Gasteiger partial charge on any atom is -0.443 e. The first-order valence-electron chi connectivity index (χ1n) is 20.4. The summed E-state index contributed by atoms with van der Waals surface area (Å²) in [5.41, 5.74) is 0.977. The van der Waals surface area contributed by atoms with Crippen LogP contribution in [0.25, 0.3) is 0 Å². The van der Waals surface area contributed by atoms with E-state index in [4.69, 9.17) is 9.47 Å². The Hall–Kier alpha value is -4.96. The first-order valence-corrected chi connectivity index (χ1v) is 21.3. The molecule has 2 aromatic carbocycles. The van der Waals surface area contributed by atoms with Crippen molar-refractivity contribution in [2.24, 2.45) is 5.92 Å². The number of alkyl halides is 1. The Kier molecular flexibility index (Phi) is 17.1. The maximum Gasteiger partial charge on any atom is 0.424 e. The highest BCUT2D eigenvalue weighted by atomic mass is 79.9. The summed E-state index contributed by atoms with van der Waals surface area (Å²) in [5.74, 6) is -2.02. The number of imide groups is 6. The van der Waals surface area contributed by atoms with Gasteiger partial charge in [0.25, 0.3) is 11.8 Å². The molecule has 0 aromatic heterocycles. The molecule has 16 heteroatoms. The average molecular weight is 897 g/mol. The van der Waals surface area contributed by atoms with Crippen LogP contribution in [0, 0.1) is 5.92 Å². The lowest BCUT2D eigenvalue weighted by Gasteiger charge is -2.40. The van der Waals surface area contributed by atoms with E-state index in [9.17, 15) is 38.4 Å². The summed E-state index contributed by atoms with van der Waals surface area (Å²) in [6, 6.07) is 19.6. The first kappa shape index (κ1) is 47.7. The number of rotatable bonds is 6. The predicted octanol–water partition coefficient (Wildman–Crippen LogP) is 5.42. The molecule has 60 heavy (non-hydrogen) atoms. The third-order valence-corrected chi connectivity index (χ3v) is 10.7. The van der Waals surface area contributed by atoms with Gasteiger partial charge in [-0.05, 0) is 90.7 Å². The number of ether oxygens (including phenoxy) is 2. The molecule has 0 saturated carbocycles. The number of benzene rings is 2. The fraction of sp³-hybridized carbons (Fsp3) is 0.545. The second-order valence-electron chi connectivity index (χ2n) is 17.2. The van der Waals surface area contributed by atoms with Crippen molar-refractivity contribution in [2.45, 2.75) is 115 Å². The minimum absolute atomic E-state index is 0.0346. The summed E-state index contributed by atoms with van der Waals surface area (Å²) in [6.07, 6.45) is 1.98. The molecular formula is C44H58BrN5O10. The van der Waals surface area contributed by atoms with Gasteiger partial charge in [0, 0.05) is 45.4 Å². The SMILES string of the molecule is CC(C)(C)OC(=O)N1C(=O)CCC(Br)C1=O.CC(C)(C)OC(=O)N1C(=O)CCC(N2CCC(Cc3ccccc3)CC2=O)C1=O.O=C1CN(CCc2ccccc2)CCN1. The number of carbonyl (C=O) groups excluding carboxylic acids is 8. The maximum atomic E-state index is 12.9. The lowest BCUT2D eigenvalue weighted by Crippen LogP contribution is -2.59. The Morgan fingerprint density at radius 2 is 1.23 bits per heavy atom. The normalized spacial score (nSPS) is 21.6. The smallest absolute Gasteiger partial charge is 0.424 e. The molecule has 15 nitrogen and oxygen atoms in total. The molecule has 1 N–H and O–H groups in total. The van der Waals surface area contributed by atoms with Gasteiger partial charge in [0.05, 0.1) is 11.4 Å². The van der Waals surface area contributed by atoms with E-state index < -0.39 is 57.9 Å². The molecule has 0 aliphatic carbocycles. The molecule has 0 bridgehead atoms. The predicted molar refractivity (Wildman–Crippen MR) is 225 cm³/mol. The number of carbonyl (C=O) groups is 8. The van der Waals surface area contributed by atoms with Crippen LogP contribution < -0.4 is 5.32 Å². The van der Waals surface area contributed by atoms with Crippen molar-refractivity contribution < 1.29 is 47.8 Å². The van der Waals surface area contributed by atoms with Crippen LogP contribution in [0.3, 0.4) is 0 Å². The Balaban J connectivity index is 0.000000217. The molecular weight excluding hydrogens is 838 g/mol. The number of hydrogen-bond acceptors (Lipinski definition) is 11. The number of piperidine rings is 3. The van der Waals surface area contributed by atoms with E-state index in [1.54, 1.807) is 41.5 Å². The molecule has 4 aliphatic rings. The quantitative estimate of drug-likeness (QED) is 0.289. The topological polar surface area (TPSA) is 180 Å². The van der Waals surface area contributed by atoms with Crippen molar-refractivity contribution in [1.82, 2.24) is 24.9 Å². The summed E-state index contributed by atoms with van der Waals surface area (Å²) >= 11 is 3.12. The van der Waals surface area contributed by atoms with Gasteiger partial charge in [-0.1, -0.05) is 76.6 Å². The fourth-order valence-electron chi connectivity index (χ4n) is 6.98. The summed E-state index contributed by atoms with van der Waals surface area (Å²) in [6.45, 7) is 13.8. The second kappa shape index (κ2) is 21.5. The Morgan fingerprint density at radius 3 is 1.77 bits per heavy atom. The number of nitrogens with zero attached hydrogens (tertiary/aromatic N) is 4. The molecule has 3 atom stereocenters. The molecule has 4 fully saturated rings. The molecule has 8 amide bonds. The summed E-state index contributed by atoms with van der Waals surface area (Å²) < 4.78 is 10.2. The van der Waals surface area contributed by atoms with Gasteiger partial charge in [0.2, 0.25) is 23.6 Å². The fourth-order valence-corrected chi connectivity index (χ4v) is 7.42. The van der Waals surface area contributed by atoms with Crippen molar-refractivity contribution in [3.63, 3.8) is 0 Å². The summed E-state index contributed by atoms with van der Waals surface area (Å²) in [7, 11) is 0. The lowest BCUT2D eigenvalue weighted by atomic mass is 9.88. The average Bonchev–Trinajstić information content (AvgIpc) is 3.16. The Labute approximate surface area is 360 Å². The summed E-state index contributed by atoms with van der Waals surface area (Å²) in [4.78, 5) is 100. The zero-order chi connectivity index (χ0) is 44.2. The van der Waals surface area contributed by atoms with Crippen molar-refractivity contribution in [3.05, 3.63) is 71.8 Å². The largest absolute Gasteiger partial charge is 0.443 e. The van der Waals surface area contributed by atoms with Crippen LogP contribution in [-0.2, 0) is 51.1 Å². The molecule has 3 unspecified atom stereocenters. The van der Waals surface area contributed by atoms with E-state index >= 15 is 0 Å². The lowest BCUT2D eigenvalue weighted by molar-refractivity contribution is -0.157. The highest BCUT2D eigenvalue weighted by molar-refractivity contribution is 9.10. The van der Waals surface area contributed by atoms with E-state index in [0.29, 0.717) is 35.7 Å².